The summed E-state index contributed by atoms with van der Waals surface area (Å²) in [6.45, 7) is 9.39. The van der Waals surface area contributed by atoms with Gasteiger partial charge in [-0.3, -0.25) is 0 Å². The highest BCUT2D eigenvalue weighted by Crippen LogP contribution is 2.61. The third kappa shape index (κ3) is 2.61. The van der Waals surface area contributed by atoms with Crippen molar-refractivity contribution in [2.75, 3.05) is 13.1 Å². The van der Waals surface area contributed by atoms with Gasteiger partial charge >= 0.3 is 0 Å². The molecule has 1 N–H and O–H groups in total. The Balaban J connectivity index is 1.91. The van der Waals surface area contributed by atoms with Gasteiger partial charge in [0, 0.05) is 6.54 Å². The minimum Gasteiger partial charge on any atom is -0.316 e. The molecule has 2 unspecified atom stereocenters. The van der Waals surface area contributed by atoms with E-state index in [9.17, 15) is 0 Å². The molecule has 2 rings (SSSR count). The molecule has 0 bridgehead atoms. The van der Waals surface area contributed by atoms with E-state index in [2.05, 4.69) is 26.1 Å². The van der Waals surface area contributed by atoms with Crippen LogP contribution < -0.4 is 5.32 Å². The van der Waals surface area contributed by atoms with E-state index in [1.807, 2.05) is 0 Å². The molecule has 2 aliphatic carbocycles. The molecule has 94 valence electrons. The van der Waals surface area contributed by atoms with Crippen molar-refractivity contribution in [2.45, 2.75) is 59.3 Å². The number of hydrogen-bond donors (Lipinski definition) is 1. The van der Waals surface area contributed by atoms with E-state index in [4.69, 9.17) is 0 Å². The van der Waals surface area contributed by atoms with Gasteiger partial charge in [0.05, 0.1) is 0 Å². The molecule has 1 nitrogen and oxygen atoms in total. The Hall–Kier alpha value is -0.0400. The number of fused-ring (bicyclic) bond motifs is 1. The Labute approximate surface area is 101 Å². The molecule has 2 saturated carbocycles. The van der Waals surface area contributed by atoms with Crippen LogP contribution in [0.25, 0.3) is 0 Å². The molecule has 0 radical (unpaired) electrons. The van der Waals surface area contributed by atoms with Gasteiger partial charge in [0.25, 0.3) is 0 Å². The second-order valence-corrected chi connectivity index (χ2v) is 6.33. The zero-order valence-corrected chi connectivity index (χ0v) is 11.4. The van der Waals surface area contributed by atoms with Crippen LogP contribution in [0.1, 0.15) is 59.3 Å². The number of nitrogens with one attached hydrogen (secondary N) is 1. The third-order valence-corrected chi connectivity index (χ3v) is 5.09. The summed E-state index contributed by atoms with van der Waals surface area (Å²) >= 11 is 0. The lowest BCUT2D eigenvalue weighted by Gasteiger charge is -2.34. The lowest BCUT2D eigenvalue weighted by molar-refractivity contribution is 0.184. The highest BCUT2D eigenvalue weighted by molar-refractivity contribution is 5.04. The molecular weight excluding hydrogens is 194 g/mol. The van der Waals surface area contributed by atoms with Crippen LogP contribution in [0.4, 0.5) is 0 Å². The molecule has 2 aliphatic rings. The molecule has 0 aliphatic heterocycles. The van der Waals surface area contributed by atoms with Crippen molar-refractivity contribution in [2.24, 2.45) is 23.2 Å². The third-order valence-electron chi connectivity index (χ3n) is 5.09. The first-order chi connectivity index (χ1) is 7.73. The molecular formula is C15H29N. The lowest BCUT2D eigenvalue weighted by atomic mass is 9.74. The van der Waals surface area contributed by atoms with E-state index in [-0.39, 0.29) is 0 Å². The molecule has 0 aromatic heterocycles. The van der Waals surface area contributed by atoms with Crippen LogP contribution in [0.15, 0.2) is 0 Å². The summed E-state index contributed by atoms with van der Waals surface area (Å²) in [5.74, 6) is 3.21. The maximum atomic E-state index is 3.63. The quantitative estimate of drug-likeness (QED) is 0.691. The van der Waals surface area contributed by atoms with Gasteiger partial charge in [-0.25, -0.2) is 0 Å². The van der Waals surface area contributed by atoms with E-state index >= 15 is 0 Å². The predicted molar refractivity (Wildman–Crippen MR) is 70.5 cm³/mol. The maximum absolute atomic E-state index is 3.63. The number of hydrogen-bond acceptors (Lipinski definition) is 1. The van der Waals surface area contributed by atoms with E-state index < -0.39 is 0 Å². The number of rotatable bonds is 7. The largest absolute Gasteiger partial charge is 0.316 e. The Morgan fingerprint density at radius 1 is 1.12 bits per heavy atom. The van der Waals surface area contributed by atoms with E-state index in [1.54, 1.807) is 6.42 Å². The molecule has 0 amide bonds. The Kier molecular flexibility index (Phi) is 3.94. The molecule has 0 aromatic carbocycles. The summed E-state index contributed by atoms with van der Waals surface area (Å²) in [5, 5.41) is 3.63. The Morgan fingerprint density at radius 3 is 2.25 bits per heavy atom. The zero-order valence-electron chi connectivity index (χ0n) is 11.4. The fourth-order valence-electron chi connectivity index (χ4n) is 3.97. The van der Waals surface area contributed by atoms with Crippen molar-refractivity contribution in [3.63, 3.8) is 0 Å². The lowest BCUT2D eigenvalue weighted by Crippen LogP contribution is -2.35. The molecule has 2 atom stereocenters. The fraction of sp³-hybridized carbons (Fsp3) is 1.00. The Morgan fingerprint density at radius 2 is 1.75 bits per heavy atom. The van der Waals surface area contributed by atoms with E-state index in [0.29, 0.717) is 5.41 Å². The normalized spacial score (nSPS) is 36.8. The van der Waals surface area contributed by atoms with Crippen molar-refractivity contribution in [1.82, 2.24) is 5.32 Å². The second kappa shape index (κ2) is 5.08. The van der Waals surface area contributed by atoms with Gasteiger partial charge < -0.3 is 5.32 Å². The summed E-state index contributed by atoms with van der Waals surface area (Å²) in [7, 11) is 0. The van der Waals surface area contributed by atoms with Crippen LogP contribution >= 0.6 is 0 Å². The average molecular weight is 223 g/mol. The summed E-state index contributed by atoms with van der Waals surface area (Å²) < 4.78 is 0. The monoisotopic (exact) mass is 223 g/mol. The highest BCUT2D eigenvalue weighted by atomic mass is 14.9. The first-order valence-electron chi connectivity index (χ1n) is 7.43. The highest BCUT2D eigenvalue weighted by Gasteiger charge is 2.53. The predicted octanol–water partition coefficient (Wildman–Crippen LogP) is 3.84. The van der Waals surface area contributed by atoms with Crippen LogP contribution in [-0.4, -0.2) is 13.1 Å². The van der Waals surface area contributed by atoms with Gasteiger partial charge in [0.2, 0.25) is 0 Å². The molecule has 0 saturated heterocycles. The van der Waals surface area contributed by atoms with Gasteiger partial charge in [0.15, 0.2) is 0 Å². The van der Waals surface area contributed by atoms with Gasteiger partial charge in [-0.15, -0.1) is 0 Å². The summed E-state index contributed by atoms with van der Waals surface area (Å²) in [5.41, 5.74) is 0.681. The first kappa shape index (κ1) is 12.4. The summed E-state index contributed by atoms with van der Waals surface area (Å²) in [4.78, 5) is 0. The fourth-order valence-corrected chi connectivity index (χ4v) is 3.97. The topological polar surface area (TPSA) is 12.0 Å². The first-order valence-corrected chi connectivity index (χ1v) is 7.43. The van der Waals surface area contributed by atoms with Gasteiger partial charge in [-0.05, 0) is 55.4 Å². The summed E-state index contributed by atoms with van der Waals surface area (Å²) in [6.07, 6.45) is 8.85. The zero-order chi connectivity index (χ0) is 11.6. The van der Waals surface area contributed by atoms with Crippen LogP contribution in [0.3, 0.4) is 0 Å². The van der Waals surface area contributed by atoms with Gasteiger partial charge in [-0.1, -0.05) is 33.6 Å². The average Bonchev–Trinajstić information content (AvgIpc) is 2.92. The van der Waals surface area contributed by atoms with Crippen LogP contribution in [-0.2, 0) is 0 Å². The van der Waals surface area contributed by atoms with Crippen molar-refractivity contribution >= 4 is 0 Å². The molecule has 16 heavy (non-hydrogen) atoms. The SMILES string of the molecule is CCNCC1(CC(CC)CC)CC2CC2C1. The van der Waals surface area contributed by atoms with Crippen molar-refractivity contribution in [3.05, 3.63) is 0 Å². The van der Waals surface area contributed by atoms with Crippen molar-refractivity contribution in [1.29, 1.82) is 0 Å². The smallest absolute Gasteiger partial charge is 0.000800 e. The van der Waals surface area contributed by atoms with E-state index in [1.165, 1.54) is 38.6 Å². The van der Waals surface area contributed by atoms with Gasteiger partial charge in [0.1, 0.15) is 0 Å². The van der Waals surface area contributed by atoms with Gasteiger partial charge in [-0.2, -0.15) is 0 Å². The van der Waals surface area contributed by atoms with Crippen LogP contribution in [0, 0.1) is 23.2 Å². The van der Waals surface area contributed by atoms with E-state index in [0.717, 1.165) is 24.3 Å². The van der Waals surface area contributed by atoms with Crippen LogP contribution in [0.2, 0.25) is 0 Å². The maximum Gasteiger partial charge on any atom is 0.000800 e. The minimum absolute atomic E-state index is 0.681. The molecule has 0 heterocycles. The second-order valence-electron chi connectivity index (χ2n) is 6.33. The summed E-state index contributed by atoms with van der Waals surface area (Å²) in [6, 6.07) is 0. The Bertz CT molecular complexity index is 209. The molecule has 2 fully saturated rings. The molecule has 0 spiro atoms. The minimum atomic E-state index is 0.681. The molecule has 1 heteroatoms. The van der Waals surface area contributed by atoms with Crippen molar-refractivity contribution < 1.29 is 0 Å². The molecule has 0 aromatic rings. The van der Waals surface area contributed by atoms with Crippen LogP contribution in [0.5, 0.6) is 0 Å². The standard InChI is InChI=1S/C15H29N/c1-4-12(5-2)8-15(11-16-6-3)9-13-7-14(13)10-15/h12-14,16H,4-11H2,1-3H3. The van der Waals surface area contributed by atoms with Crippen molar-refractivity contribution in [3.8, 4) is 0 Å².